The molecule has 1 atom stereocenters. The lowest BCUT2D eigenvalue weighted by Gasteiger charge is -2.21. The first kappa shape index (κ1) is 20.2. The van der Waals surface area contributed by atoms with Crippen molar-refractivity contribution in [3.05, 3.63) is 77.3 Å². The second kappa shape index (κ2) is 9.58. The summed E-state index contributed by atoms with van der Waals surface area (Å²) in [5.41, 5.74) is 1.03. The average molecular weight is 397 g/mol. The van der Waals surface area contributed by atoms with Crippen LogP contribution in [0.25, 0.3) is 10.8 Å². The van der Waals surface area contributed by atoms with Gasteiger partial charge in [-0.25, -0.2) is 0 Å². The van der Waals surface area contributed by atoms with Crippen LogP contribution >= 0.6 is 11.6 Å². The number of carbonyl (C=O) groups excluding carboxylic acids is 1. The molecule has 3 rings (SSSR count). The number of benzene rings is 3. The van der Waals surface area contributed by atoms with E-state index < -0.39 is 0 Å². The zero-order chi connectivity index (χ0) is 19.9. The van der Waals surface area contributed by atoms with E-state index in [-0.39, 0.29) is 18.6 Å². The molecular weight excluding hydrogens is 372 g/mol. The van der Waals surface area contributed by atoms with E-state index in [1.54, 1.807) is 0 Å². The Bertz CT molecular complexity index is 925. The van der Waals surface area contributed by atoms with Gasteiger partial charge >= 0.3 is 0 Å². The minimum absolute atomic E-state index is 0.0234. The van der Waals surface area contributed by atoms with Crippen LogP contribution in [0, 0.1) is 0 Å². The number of nitrogens with one attached hydrogen (secondary N) is 1. The van der Waals surface area contributed by atoms with Gasteiger partial charge in [-0.3, -0.25) is 4.79 Å². The molecule has 0 fully saturated rings. The molecule has 1 unspecified atom stereocenters. The van der Waals surface area contributed by atoms with Crippen molar-refractivity contribution in [3.8, 4) is 5.75 Å². The molecule has 0 spiro atoms. The van der Waals surface area contributed by atoms with E-state index in [1.165, 1.54) is 0 Å². The fraction of sp³-hybridized carbons (Fsp3) is 0.261. The lowest BCUT2D eigenvalue weighted by atomic mass is 10.0. The van der Waals surface area contributed by atoms with E-state index in [9.17, 15) is 4.79 Å². The maximum absolute atomic E-state index is 12.5. The Hall–Kier alpha value is -2.56. The minimum atomic E-state index is -0.146. The number of fused-ring (bicyclic) bond motifs is 1. The number of nitrogens with zero attached hydrogens (tertiary/aromatic N) is 1. The van der Waals surface area contributed by atoms with Gasteiger partial charge in [0.25, 0.3) is 5.91 Å². The van der Waals surface area contributed by atoms with Crippen LogP contribution in [0.2, 0.25) is 5.02 Å². The molecule has 146 valence electrons. The summed E-state index contributed by atoms with van der Waals surface area (Å²) < 4.78 is 5.71. The largest absolute Gasteiger partial charge is 0.484 e. The molecule has 0 heterocycles. The van der Waals surface area contributed by atoms with Gasteiger partial charge < -0.3 is 15.0 Å². The summed E-state index contributed by atoms with van der Waals surface area (Å²) >= 11 is 5.99. The average Bonchev–Trinajstić information content (AvgIpc) is 2.70. The molecule has 1 N–H and O–H groups in total. The molecule has 0 aromatic heterocycles. The maximum Gasteiger partial charge on any atom is 0.258 e. The summed E-state index contributed by atoms with van der Waals surface area (Å²) in [5, 5.41) is 6.00. The molecule has 0 aliphatic carbocycles. The van der Waals surface area contributed by atoms with Crippen LogP contribution in [-0.4, -0.2) is 38.1 Å². The third-order valence-electron chi connectivity index (χ3n) is 4.56. The molecule has 3 aromatic rings. The van der Waals surface area contributed by atoms with Crippen molar-refractivity contribution in [2.75, 3.05) is 27.2 Å². The van der Waals surface area contributed by atoms with Crippen LogP contribution in [0.4, 0.5) is 0 Å². The van der Waals surface area contributed by atoms with Gasteiger partial charge in [0.15, 0.2) is 6.61 Å². The normalized spacial score (nSPS) is 12.1. The van der Waals surface area contributed by atoms with Crippen molar-refractivity contribution in [3.63, 3.8) is 0 Å². The second-order valence-electron chi connectivity index (χ2n) is 7.06. The van der Waals surface area contributed by atoms with E-state index >= 15 is 0 Å². The Morgan fingerprint density at radius 2 is 1.75 bits per heavy atom. The molecule has 5 heteroatoms. The van der Waals surface area contributed by atoms with Gasteiger partial charge in [-0.2, -0.15) is 0 Å². The van der Waals surface area contributed by atoms with Gasteiger partial charge in [0.1, 0.15) is 5.75 Å². The topological polar surface area (TPSA) is 41.6 Å². The van der Waals surface area contributed by atoms with Crippen molar-refractivity contribution < 1.29 is 9.53 Å². The highest BCUT2D eigenvalue weighted by atomic mass is 35.5. The van der Waals surface area contributed by atoms with Gasteiger partial charge in [-0.1, -0.05) is 54.1 Å². The van der Waals surface area contributed by atoms with Crippen LogP contribution < -0.4 is 10.1 Å². The molecule has 28 heavy (non-hydrogen) atoms. The number of halogens is 1. The van der Waals surface area contributed by atoms with Gasteiger partial charge in [0.05, 0.1) is 6.04 Å². The van der Waals surface area contributed by atoms with Crippen LogP contribution in [0.5, 0.6) is 5.75 Å². The second-order valence-corrected chi connectivity index (χ2v) is 7.50. The van der Waals surface area contributed by atoms with Gasteiger partial charge in [-0.15, -0.1) is 0 Å². The highest BCUT2D eigenvalue weighted by molar-refractivity contribution is 6.30. The zero-order valence-electron chi connectivity index (χ0n) is 16.2. The van der Waals surface area contributed by atoms with Crippen molar-refractivity contribution in [1.82, 2.24) is 10.2 Å². The molecule has 0 aliphatic rings. The van der Waals surface area contributed by atoms with Crippen molar-refractivity contribution in [2.24, 2.45) is 0 Å². The van der Waals surface area contributed by atoms with Crippen LogP contribution in [-0.2, 0) is 4.79 Å². The smallest absolute Gasteiger partial charge is 0.258 e. The van der Waals surface area contributed by atoms with E-state index in [0.717, 1.165) is 29.3 Å². The highest BCUT2D eigenvalue weighted by Crippen LogP contribution is 2.22. The molecule has 0 saturated heterocycles. The van der Waals surface area contributed by atoms with Crippen LogP contribution in [0.15, 0.2) is 66.7 Å². The molecule has 0 aliphatic heterocycles. The van der Waals surface area contributed by atoms with Crippen molar-refractivity contribution in [1.29, 1.82) is 0 Å². The predicted octanol–water partition coefficient (Wildman–Crippen LogP) is 4.68. The SMILES string of the molecule is CN(C)CCC(NC(=O)COc1ccc2ccccc2c1)c1ccc(Cl)cc1. The summed E-state index contributed by atoms with van der Waals surface area (Å²) in [4.78, 5) is 14.6. The predicted molar refractivity (Wildman–Crippen MR) is 115 cm³/mol. The minimum Gasteiger partial charge on any atom is -0.484 e. The summed E-state index contributed by atoms with van der Waals surface area (Å²) in [6, 6.07) is 21.4. The number of hydrogen-bond acceptors (Lipinski definition) is 3. The Labute approximate surface area is 171 Å². The summed E-state index contributed by atoms with van der Waals surface area (Å²) in [6.45, 7) is 0.837. The molecule has 0 saturated carbocycles. The molecule has 3 aromatic carbocycles. The van der Waals surface area contributed by atoms with Gasteiger partial charge in [-0.05, 0) is 67.7 Å². The number of carbonyl (C=O) groups is 1. The van der Waals surface area contributed by atoms with E-state index in [4.69, 9.17) is 16.3 Å². The highest BCUT2D eigenvalue weighted by Gasteiger charge is 2.15. The zero-order valence-corrected chi connectivity index (χ0v) is 16.9. The maximum atomic E-state index is 12.5. The Balaban J connectivity index is 1.62. The Morgan fingerprint density at radius 3 is 2.46 bits per heavy atom. The first-order valence-corrected chi connectivity index (χ1v) is 9.70. The van der Waals surface area contributed by atoms with E-state index in [0.29, 0.717) is 10.8 Å². The van der Waals surface area contributed by atoms with Gasteiger partial charge in [0.2, 0.25) is 0 Å². The standard InChI is InChI=1S/C23H25ClN2O2/c1-26(2)14-13-22(18-7-10-20(24)11-8-18)25-23(27)16-28-21-12-9-17-5-3-4-6-19(17)15-21/h3-12,15,22H,13-14,16H2,1-2H3,(H,25,27). The van der Waals surface area contributed by atoms with Crippen LogP contribution in [0.3, 0.4) is 0 Å². The molecule has 4 nitrogen and oxygen atoms in total. The van der Waals surface area contributed by atoms with Crippen molar-refractivity contribution in [2.45, 2.75) is 12.5 Å². The number of hydrogen-bond donors (Lipinski definition) is 1. The first-order valence-electron chi connectivity index (χ1n) is 9.32. The fourth-order valence-corrected chi connectivity index (χ4v) is 3.17. The Morgan fingerprint density at radius 1 is 1.04 bits per heavy atom. The molecule has 0 radical (unpaired) electrons. The lowest BCUT2D eigenvalue weighted by molar-refractivity contribution is -0.123. The number of rotatable bonds is 8. The Kier molecular flexibility index (Phi) is 6.90. The summed E-state index contributed by atoms with van der Waals surface area (Å²) in [5.74, 6) is 0.539. The quantitative estimate of drug-likeness (QED) is 0.601. The number of ether oxygens (including phenoxy) is 1. The number of amides is 1. The first-order chi connectivity index (χ1) is 13.5. The van der Waals surface area contributed by atoms with Crippen molar-refractivity contribution >= 4 is 28.3 Å². The summed E-state index contributed by atoms with van der Waals surface area (Å²) in [6.07, 6.45) is 0.802. The molecular formula is C23H25ClN2O2. The van der Waals surface area contributed by atoms with E-state index in [1.807, 2.05) is 80.8 Å². The summed E-state index contributed by atoms with van der Waals surface area (Å²) in [7, 11) is 4.03. The fourth-order valence-electron chi connectivity index (χ4n) is 3.05. The third kappa shape index (κ3) is 5.72. The third-order valence-corrected chi connectivity index (χ3v) is 4.82. The van der Waals surface area contributed by atoms with E-state index in [2.05, 4.69) is 10.2 Å². The monoisotopic (exact) mass is 396 g/mol. The lowest BCUT2D eigenvalue weighted by Crippen LogP contribution is -2.34. The molecule has 1 amide bonds. The molecule has 0 bridgehead atoms. The van der Waals surface area contributed by atoms with Gasteiger partial charge in [0, 0.05) is 5.02 Å². The van der Waals surface area contributed by atoms with Crippen LogP contribution in [0.1, 0.15) is 18.0 Å².